The minimum absolute atomic E-state index is 0.00610. The van der Waals surface area contributed by atoms with Gasteiger partial charge in [-0.3, -0.25) is 0 Å². The molecule has 0 bridgehead atoms. The van der Waals surface area contributed by atoms with E-state index in [9.17, 15) is 5.11 Å². The molecule has 2 aromatic carbocycles. The van der Waals surface area contributed by atoms with E-state index in [0.717, 1.165) is 30.5 Å². The summed E-state index contributed by atoms with van der Waals surface area (Å²) in [7, 11) is 2.64. The van der Waals surface area contributed by atoms with Crippen molar-refractivity contribution < 1.29 is 5.11 Å². The van der Waals surface area contributed by atoms with Gasteiger partial charge in [0.25, 0.3) is 0 Å². The van der Waals surface area contributed by atoms with E-state index in [2.05, 4.69) is 56.4 Å². The van der Waals surface area contributed by atoms with Gasteiger partial charge in [0, 0.05) is 17.3 Å². The highest BCUT2D eigenvalue weighted by Crippen LogP contribution is 2.50. The lowest BCUT2D eigenvalue weighted by Gasteiger charge is -2.34. The third-order valence-corrected chi connectivity index (χ3v) is 7.17. The maximum atomic E-state index is 10.7. The Morgan fingerprint density at radius 2 is 1.79 bits per heavy atom. The second-order valence-electron chi connectivity index (χ2n) is 6.58. The van der Waals surface area contributed by atoms with E-state index < -0.39 is 0 Å². The minimum atomic E-state index is -0.00610. The summed E-state index contributed by atoms with van der Waals surface area (Å²) >= 11 is 0. The number of rotatable bonds is 7. The molecule has 2 nitrogen and oxygen atoms in total. The van der Waals surface area contributed by atoms with Crippen LogP contribution < -0.4 is 10.6 Å². The highest BCUT2D eigenvalue weighted by atomic mass is 31.1. The number of aryl methyl sites for hydroxylation is 2. The molecule has 2 aromatic rings. The molecule has 0 heterocycles. The molecule has 0 saturated carbocycles. The Balaban J connectivity index is 2.51. The molecule has 0 fully saturated rings. The Hall–Kier alpha value is -1.37. The predicted octanol–water partition coefficient (Wildman–Crippen LogP) is 4.75. The van der Waals surface area contributed by atoms with Crippen LogP contribution in [-0.4, -0.2) is 12.2 Å². The maximum absolute atomic E-state index is 10.7. The molecule has 0 aliphatic carbocycles. The summed E-state index contributed by atoms with van der Waals surface area (Å²) in [6, 6.07) is 12.9. The third kappa shape index (κ3) is 3.82. The van der Waals surface area contributed by atoms with E-state index in [1.807, 2.05) is 20.0 Å². The molecule has 2 rings (SSSR count). The second kappa shape index (κ2) is 8.14. The van der Waals surface area contributed by atoms with Crippen molar-refractivity contribution in [3.05, 3.63) is 58.7 Å². The van der Waals surface area contributed by atoms with Gasteiger partial charge < -0.3 is 10.4 Å². The summed E-state index contributed by atoms with van der Waals surface area (Å²) in [6.45, 7) is 9.49. The predicted molar refractivity (Wildman–Crippen MR) is 107 cm³/mol. The molecule has 0 radical (unpaired) electrons. The maximum Gasteiger partial charge on any atom is 0.122 e. The van der Waals surface area contributed by atoms with Crippen molar-refractivity contribution in [2.75, 3.05) is 7.05 Å². The van der Waals surface area contributed by atoms with Crippen LogP contribution in [0.5, 0.6) is 5.75 Å². The van der Waals surface area contributed by atoms with Crippen LogP contribution in [0.1, 0.15) is 48.9 Å². The second-order valence-corrected chi connectivity index (χ2v) is 8.32. The van der Waals surface area contributed by atoms with Crippen LogP contribution in [0.4, 0.5) is 0 Å². The largest absolute Gasteiger partial charge is 0.507 e. The van der Waals surface area contributed by atoms with Crippen LogP contribution in [0.25, 0.3) is 0 Å². The first-order valence-electron chi connectivity index (χ1n) is 8.78. The summed E-state index contributed by atoms with van der Waals surface area (Å²) in [4.78, 5) is 0. The molecule has 0 aliphatic rings. The van der Waals surface area contributed by atoms with Gasteiger partial charge in [-0.1, -0.05) is 64.4 Å². The van der Waals surface area contributed by atoms with E-state index in [1.54, 1.807) is 0 Å². The van der Waals surface area contributed by atoms with Crippen molar-refractivity contribution in [1.29, 1.82) is 0 Å². The summed E-state index contributed by atoms with van der Waals surface area (Å²) in [6.07, 6.45) is 2.04. The summed E-state index contributed by atoms with van der Waals surface area (Å²) in [5.41, 5.74) is 4.73. The highest BCUT2D eigenvalue weighted by Gasteiger charge is 2.32. The van der Waals surface area contributed by atoms with Gasteiger partial charge in [-0.25, -0.2) is 0 Å². The van der Waals surface area contributed by atoms with E-state index in [-0.39, 0.29) is 5.16 Å². The Morgan fingerprint density at radius 1 is 1.08 bits per heavy atom. The lowest BCUT2D eigenvalue weighted by molar-refractivity contribution is 0.444. The lowest BCUT2D eigenvalue weighted by atomic mass is 9.90. The van der Waals surface area contributed by atoms with Gasteiger partial charge in [0.15, 0.2) is 0 Å². The quantitative estimate of drug-likeness (QED) is 0.711. The Bertz CT molecular complexity index is 692. The molecule has 0 aromatic heterocycles. The molecular weight excluding hydrogens is 313 g/mol. The lowest BCUT2D eigenvalue weighted by Crippen LogP contribution is -2.24. The summed E-state index contributed by atoms with van der Waals surface area (Å²) < 4.78 is 0. The Kier molecular flexibility index (Phi) is 6.43. The fourth-order valence-electron chi connectivity index (χ4n) is 3.36. The summed E-state index contributed by atoms with van der Waals surface area (Å²) in [5.74, 6) is 0.468. The monoisotopic (exact) mass is 343 g/mol. The van der Waals surface area contributed by atoms with E-state index in [0.29, 0.717) is 14.3 Å². The highest BCUT2D eigenvalue weighted by molar-refractivity contribution is 7.48. The molecule has 24 heavy (non-hydrogen) atoms. The molecule has 1 atom stereocenters. The van der Waals surface area contributed by atoms with Gasteiger partial charge >= 0.3 is 0 Å². The van der Waals surface area contributed by atoms with Crippen molar-refractivity contribution in [2.45, 2.75) is 52.2 Å². The van der Waals surface area contributed by atoms with Crippen LogP contribution >= 0.6 is 8.58 Å². The van der Waals surface area contributed by atoms with Crippen LogP contribution in [0.2, 0.25) is 0 Å². The number of nitrogens with one attached hydrogen (secondary N) is 1. The smallest absolute Gasteiger partial charge is 0.122 e. The standard InChI is InChI=1S/C21H30NOP/c1-6-21(7-2,18-10-8-9-16(4)20(18)23)24-19-12-11-15(3)13-17(19)14-22-5/h8-13,22-24H,6-7,14H2,1-5H3. The zero-order chi connectivity index (χ0) is 17.7. The van der Waals surface area contributed by atoms with Crippen LogP contribution in [0.3, 0.4) is 0 Å². The van der Waals surface area contributed by atoms with Crippen molar-refractivity contribution in [1.82, 2.24) is 5.32 Å². The van der Waals surface area contributed by atoms with Gasteiger partial charge in [0.05, 0.1) is 0 Å². The molecule has 0 spiro atoms. The van der Waals surface area contributed by atoms with Gasteiger partial charge in [-0.2, -0.15) is 0 Å². The number of para-hydroxylation sites is 1. The average Bonchev–Trinajstić information content (AvgIpc) is 2.58. The number of hydrogen-bond donors (Lipinski definition) is 2. The fourth-order valence-corrected chi connectivity index (χ4v) is 5.05. The molecule has 130 valence electrons. The first-order chi connectivity index (χ1) is 11.5. The topological polar surface area (TPSA) is 32.3 Å². The van der Waals surface area contributed by atoms with Crippen LogP contribution in [0, 0.1) is 13.8 Å². The number of phenols is 1. The number of aromatic hydroxyl groups is 1. The molecular formula is C21H30NOP. The van der Waals surface area contributed by atoms with Gasteiger partial charge in [0.2, 0.25) is 0 Å². The van der Waals surface area contributed by atoms with Gasteiger partial charge in [0.1, 0.15) is 5.75 Å². The molecule has 0 amide bonds. The van der Waals surface area contributed by atoms with Crippen molar-refractivity contribution in [3.8, 4) is 5.75 Å². The molecule has 0 aliphatic heterocycles. The normalized spacial score (nSPS) is 12.2. The van der Waals surface area contributed by atoms with Crippen molar-refractivity contribution in [3.63, 3.8) is 0 Å². The SMILES string of the molecule is CCC(CC)(Pc1ccc(C)cc1CNC)c1cccc(C)c1O. The molecule has 3 heteroatoms. The van der Waals surface area contributed by atoms with E-state index in [1.165, 1.54) is 16.4 Å². The number of benzene rings is 2. The van der Waals surface area contributed by atoms with Crippen LogP contribution in [0.15, 0.2) is 36.4 Å². The molecule has 2 N–H and O–H groups in total. The number of hydrogen-bond acceptors (Lipinski definition) is 2. The van der Waals surface area contributed by atoms with E-state index in [4.69, 9.17) is 0 Å². The minimum Gasteiger partial charge on any atom is -0.507 e. The average molecular weight is 343 g/mol. The fraction of sp³-hybridized carbons (Fsp3) is 0.429. The Labute approximate surface area is 148 Å². The number of phenolic OH excluding ortho intramolecular Hbond substituents is 1. The molecule has 1 unspecified atom stereocenters. The van der Waals surface area contributed by atoms with Gasteiger partial charge in [-0.15, -0.1) is 0 Å². The van der Waals surface area contributed by atoms with Crippen molar-refractivity contribution in [2.24, 2.45) is 0 Å². The van der Waals surface area contributed by atoms with Crippen molar-refractivity contribution >= 4 is 13.9 Å². The zero-order valence-corrected chi connectivity index (χ0v) is 16.5. The van der Waals surface area contributed by atoms with Crippen LogP contribution in [-0.2, 0) is 11.7 Å². The van der Waals surface area contributed by atoms with E-state index >= 15 is 0 Å². The first-order valence-corrected chi connectivity index (χ1v) is 9.78. The summed E-state index contributed by atoms with van der Waals surface area (Å²) in [5, 5.41) is 15.4. The zero-order valence-electron chi connectivity index (χ0n) is 15.5. The Morgan fingerprint density at radius 3 is 2.42 bits per heavy atom. The first kappa shape index (κ1) is 19.0. The molecule has 0 saturated heterocycles. The van der Waals surface area contributed by atoms with Gasteiger partial charge in [-0.05, 0) is 50.2 Å². The third-order valence-electron chi connectivity index (χ3n) is 4.96.